The molecule has 0 amide bonds. The van der Waals surface area contributed by atoms with E-state index < -0.39 is 23.1 Å². The average Bonchev–Trinajstić information content (AvgIpc) is 2.82. The van der Waals surface area contributed by atoms with Gasteiger partial charge in [-0.2, -0.15) is 0 Å². The first kappa shape index (κ1) is 25.1. The molecule has 0 aliphatic rings. The lowest BCUT2D eigenvalue weighted by Crippen LogP contribution is -2.11. The van der Waals surface area contributed by atoms with Gasteiger partial charge in [0.2, 0.25) is 0 Å². The summed E-state index contributed by atoms with van der Waals surface area (Å²) in [4.78, 5) is 34.2. The number of carbonyl (C=O) groups is 1. The minimum Gasteiger partial charge on any atom is -0.507 e. The highest BCUT2D eigenvalue weighted by Gasteiger charge is 2.19. The predicted molar refractivity (Wildman–Crippen MR) is 123 cm³/mol. The molecule has 2 aromatic carbocycles. The van der Waals surface area contributed by atoms with Crippen molar-refractivity contribution in [2.75, 3.05) is 14.2 Å². The van der Waals surface area contributed by atoms with Gasteiger partial charge in [-0.05, 0) is 42.0 Å². The maximum absolute atomic E-state index is 11.8. The van der Waals surface area contributed by atoms with Crippen LogP contribution in [0.1, 0.15) is 24.4 Å². The number of rotatable bonds is 5. The van der Waals surface area contributed by atoms with Gasteiger partial charge in [0.1, 0.15) is 57.8 Å². The van der Waals surface area contributed by atoms with Crippen LogP contribution in [0, 0.1) is 0 Å². The summed E-state index contributed by atoms with van der Waals surface area (Å²) >= 11 is 0. The highest BCUT2D eigenvalue weighted by atomic mass is 16.5. The van der Waals surface area contributed by atoms with Crippen molar-refractivity contribution in [3.05, 3.63) is 68.8 Å². The van der Waals surface area contributed by atoms with Gasteiger partial charge in [0.15, 0.2) is 0 Å². The minimum absolute atomic E-state index is 0.00198. The topological polar surface area (TPSA) is 177 Å². The zero-order valence-electron chi connectivity index (χ0n) is 18.9. The minimum atomic E-state index is -1.10. The number of phenolic OH excluding ortho intramolecular Hbond substituents is 2. The Bertz CT molecular complexity index is 1510. The predicted octanol–water partition coefficient (Wildman–Crippen LogP) is 2.69. The summed E-state index contributed by atoms with van der Waals surface area (Å²) < 4.78 is 19.7. The van der Waals surface area contributed by atoms with Gasteiger partial charge in [-0.15, -0.1) is 0 Å². The third-order valence-electron chi connectivity index (χ3n) is 5.12. The molecule has 35 heavy (non-hydrogen) atoms. The largest absolute Gasteiger partial charge is 0.507 e. The number of carboxylic acids is 1. The van der Waals surface area contributed by atoms with Gasteiger partial charge in [-0.1, -0.05) is 0 Å². The number of aliphatic carboxylic acids is 1. The Kier molecular flexibility index (Phi) is 7.31. The van der Waals surface area contributed by atoms with E-state index in [0.717, 1.165) is 0 Å². The second kappa shape index (κ2) is 10.2. The lowest BCUT2D eigenvalue weighted by Gasteiger charge is -2.08. The third-order valence-corrected chi connectivity index (χ3v) is 5.12. The molecular formula is C24H22O11. The molecule has 0 saturated carbocycles. The fraction of sp³-hybridized carbons (Fsp3) is 0.208. The van der Waals surface area contributed by atoms with Crippen molar-refractivity contribution in [2.45, 2.75) is 19.4 Å². The van der Waals surface area contributed by atoms with E-state index in [2.05, 4.69) is 0 Å². The number of methoxy groups -OCH3 is 2. The van der Waals surface area contributed by atoms with E-state index in [0.29, 0.717) is 22.3 Å². The van der Waals surface area contributed by atoms with Crippen LogP contribution in [-0.2, 0) is 11.4 Å². The first-order valence-electron chi connectivity index (χ1n) is 10.1. The fourth-order valence-electron chi connectivity index (χ4n) is 3.28. The van der Waals surface area contributed by atoms with Crippen LogP contribution in [0.25, 0.3) is 21.5 Å². The number of aliphatic hydroxyl groups is 1. The molecular weight excluding hydrogens is 464 g/mol. The Morgan fingerprint density at radius 2 is 1.34 bits per heavy atom. The number of ether oxygens (including phenoxy) is 2. The van der Waals surface area contributed by atoms with Gasteiger partial charge in [0, 0.05) is 12.1 Å². The molecule has 4 N–H and O–H groups in total. The highest BCUT2D eigenvalue weighted by Crippen LogP contribution is 2.30. The molecule has 1 atom stereocenters. The SMILES string of the molecule is COc1cc(O)c2c(=O)oc(C(C)C(=O)O)cc2c1.COc1cc(O)c2c(=O)oc(CO)cc2c1. The van der Waals surface area contributed by atoms with Gasteiger partial charge in [-0.25, -0.2) is 9.59 Å². The fourth-order valence-corrected chi connectivity index (χ4v) is 3.28. The van der Waals surface area contributed by atoms with Crippen molar-refractivity contribution in [2.24, 2.45) is 0 Å². The molecule has 0 fully saturated rings. The second-order valence-electron chi connectivity index (χ2n) is 7.38. The molecule has 0 bridgehead atoms. The normalized spacial score (nSPS) is 11.5. The van der Waals surface area contributed by atoms with Crippen LogP contribution in [0.5, 0.6) is 23.0 Å². The summed E-state index contributed by atoms with van der Waals surface area (Å²) in [6, 6.07) is 8.64. The number of phenols is 2. The quantitative estimate of drug-likeness (QED) is 0.326. The first-order chi connectivity index (χ1) is 16.6. The second-order valence-corrected chi connectivity index (χ2v) is 7.38. The van der Waals surface area contributed by atoms with Crippen molar-refractivity contribution in [1.29, 1.82) is 0 Å². The number of aromatic hydroxyl groups is 2. The molecule has 0 aliphatic carbocycles. The monoisotopic (exact) mass is 486 g/mol. The maximum atomic E-state index is 11.8. The molecule has 1 unspecified atom stereocenters. The number of hydrogen-bond donors (Lipinski definition) is 4. The lowest BCUT2D eigenvalue weighted by atomic mass is 10.1. The average molecular weight is 486 g/mol. The Balaban J connectivity index is 0.000000198. The summed E-state index contributed by atoms with van der Waals surface area (Å²) in [6.07, 6.45) is 0. The summed E-state index contributed by atoms with van der Waals surface area (Å²) in [5, 5.41) is 38.1. The summed E-state index contributed by atoms with van der Waals surface area (Å²) in [5.41, 5.74) is -1.46. The molecule has 4 aromatic rings. The van der Waals surface area contributed by atoms with E-state index in [4.69, 9.17) is 28.5 Å². The Labute approximate surface area is 197 Å². The van der Waals surface area contributed by atoms with Gasteiger partial charge in [0.25, 0.3) is 0 Å². The van der Waals surface area contributed by atoms with Crippen LogP contribution < -0.4 is 20.7 Å². The van der Waals surface area contributed by atoms with Crippen LogP contribution in [0.15, 0.2) is 54.8 Å². The van der Waals surface area contributed by atoms with Crippen LogP contribution in [-0.4, -0.2) is 40.6 Å². The van der Waals surface area contributed by atoms with Crippen molar-refractivity contribution in [1.82, 2.24) is 0 Å². The van der Waals surface area contributed by atoms with Crippen molar-refractivity contribution in [3.63, 3.8) is 0 Å². The van der Waals surface area contributed by atoms with Gasteiger partial charge in [0.05, 0.1) is 14.2 Å². The Morgan fingerprint density at radius 3 is 1.80 bits per heavy atom. The molecule has 0 aliphatic heterocycles. The molecule has 0 spiro atoms. The van der Waals surface area contributed by atoms with Gasteiger partial charge < -0.3 is 38.7 Å². The van der Waals surface area contributed by atoms with E-state index in [1.807, 2.05) is 0 Å². The number of carboxylic acid groups (broad SMARTS) is 1. The number of aliphatic hydroxyl groups excluding tert-OH is 1. The molecule has 11 heteroatoms. The number of hydrogen-bond acceptors (Lipinski definition) is 10. The van der Waals surface area contributed by atoms with E-state index in [1.165, 1.54) is 51.5 Å². The molecule has 2 aromatic heterocycles. The molecule has 0 saturated heterocycles. The van der Waals surface area contributed by atoms with E-state index in [9.17, 15) is 24.6 Å². The number of benzene rings is 2. The van der Waals surface area contributed by atoms with E-state index in [1.54, 1.807) is 6.07 Å². The summed E-state index contributed by atoms with van der Waals surface area (Å²) in [5.74, 6) is -1.56. The maximum Gasteiger partial charge on any atom is 0.347 e. The van der Waals surface area contributed by atoms with Crippen LogP contribution in [0.2, 0.25) is 0 Å². The molecule has 184 valence electrons. The zero-order chi connectivity index (χ0) is 25.9. The van der Waals surface area contributed by atoms with Crippen molar-refractivity contribution >= 4 is 27.5 Å². The van der Waals surface area contributed by atoms with E-state index in [-0.39, 0.29) is 40.4 Å². The highest BCUT2D eigenvalue weighted by molar-refractivity contribution is 5.89. The lowest BCUT2D eigenvalue weighted by molar-refractivity contribution is -0.138. The third kappa shape index (κ3) is 5.20. The molecule has 2 heterocycles. The summed E-state index contributed by atoms with van der Waals surface area (Å²) in [7, 11) is 2.88. The smallest absolute Gasteiger partial charge is 0.347 e. The Morgan fingerprint density at radius 1 is 0.857 bits per heavy atom. The first-order valence-corrected chi connectivity index (χ1v) is 10.1. The van der Waals surface area contributed by atoms with E-state index >= 15 is 0 Å². The van der Waals surface area contributed by atoms with Crippen molar-refractivity contribution < 1.29 is 43.5 Å². The van der Waals surface area contributed by atoms with Crippen LogP contribution in [0.3, 0.4) is 0 Å². The van der Waals surface area contributed by atoms with Gasteiger partial charge >= 0.3 is 17.2 Å². The number of fused-ring (bicyclic) bond motifs is 2. The molecule has 4 rings (SSSR count). The zero-order valence-corrected chi connectivity index (χ0v) is 18.9. The summed E-state index contributed by atoms with van der Waals surface area (Å²) in [6.45, 7) is 1.04. The standard InChI is InChI=1S/C13H12O6.C11H10O5/c1-6(12(15)16)10-4-7-3-8(18-2)5-9(14)11(7)13(17)19-10;1-15-7-2-6-3-8(5-12)16-11(14)10(6)9(13)4-7/h3-6,14H,1-2H3,(H,15,16);2-4,12-13H,5H2,1H3. The Hall–Kier alpha value is -4.51. The van der Waals surface area contributed by atoms with Gasteiger partial charge in [-0.3, -0.25) is 4.79 Å². The molecule has 0 radical (unpaired) electrons. The van der Waals surface area contributed by atoms with Crippen LogP contribution >= 0.6 is 0 Å². The van der Waals surface area contributed by atoms with Crippen LogP contribution in [0.4, 0.5) is 0 Å². The van der Waals surface area contributed by atoms with Crippen molar-refractivity contribution in [3.8, 4) is 23.0 Å². The molecule has 11 nitrogen and oxygen atoms in total.